The van der Waals surface area contributed by atoms with Gasteiger partial charge < -0.3 is 10.3 Å². The van der Waals surface area contributed by atoms with Crippen LogP contribution in [-0.2, 0) is 0 Å². The Bertz CT molecular complexity index is 461. The molecule has 63 valence electrons. The average molecular weight is 188 g/mol. The van der Waals surface area contributed by atoms with Crippen LogP contribution in [-0.4, -0.2) is 56.5 Å². The van der Waals surface area contributed by atoms with Gasteiger partial charge in [-0.1, -0.05) is 0 Å². The van der Waals surface area contributed by atoms with Gasteiger partial charge in [-0.15, -0.1) is 0 Å². The number of nitrogens with one attached hydrogen (secondary N) is 3. The summed E-state index contributed by atoms with van der Waals surface area (Å²) in [5, 5.41) is 2.73. The number of fused-ring (bicyclic) bond motifs is 1. The number of anilines is 1. The van der Waals surface area contributed by atoms with Gasteiger partial charge in [0.05, 0.1) is 6.33 Å². The maximum atomic E-state index is 11.2. The summed E-state index contributed by atoms with van der Waals surface area (Å²) in [6.45, 7) is 0. The van der Waals surface area contributed by atoms with Crippen molar-refractivity contribution in [1.82, 2.24) is 19.9 Å². The van der Waals surface area contributed by atoms with Crippen LogP contribution in [0.2, 0.25) is 0 Å². The average Bonchev–Trinajstić information content (AvgIpc) is 2.52. The minimum atomic E-state index is -0.221. The van der Waals surface area contributed by atoms with Gasteiger partial charge in [0.1, 0.15) is 0 Å². The number of aromatic amines is 2. The zero-order chi connectivity index (χ0) is 8.55. The van der Waals surface area contributed by atoms with Crippen molar-refractivity contribution in [3.63, 3.8) is 0 Å². The molecule has 0 saturated heterocycles. The molecular formula is C6H7N5NaO. The normalized spacial score (nSPS) is 9.62. The number of hydrogen-bond acceptors (Lipinski definition) is 4. The molecule has 2 heterocycles. The van der Waals surface area contributed by atoms with E-state index in [0.717, 1.165) is 0 Å². The van der Waals surface area contributed by atoms with Crippen LogP contribution < -0.4 is 10.9 Å². The molecule has 6 nitrogen and oxygen atoms in total. The molecule has 0 atom stereocenters. The molecule has 7 heteroatoms. The standard InChI is InChI=1S/C6H7N5O.Na/c1-7-6-10-4-3(5(12)11-6)8-2-9-4;/h2H,1H3,(H3,7,8,9,10,11,12);. The third kappa shape index (κ3) is 1.74. The Morgan fingerprint density at radius 3 is 3.00 bits per heavy atom. The zero-order valence-electron chi connectivity index (χ0n) is 7.38. The Morgan fingerprint density at radius 1 is 1.54 bits per heavy atom. The molecule has 0 bridgehead atoms. The van der Waals surface area contributed by atoms with Crippen LogP contribution in [0.4, 0.5) is 5.95 Å². The number of H-pyrrole nitrogens is 2. The van der Waals surface area contributed by atoms with Gasteiger partial charge >= 0.3 is 0 Å². The van der Waals surface area contributed by atoms with Crippen molar-refractivity contribution >= 4 is 46.7 Å². The van der Waals surface area contributed by atoms with Crippen LogP contribution in [0.25, 0.3) is 11.2 Å². The van der Waals surface area contributed by atoms with Crippen LogP contribution >= 0.6 is 0 Å². The van der Waals surface area contributed by atoms with Crippen LogP contribution in [0.5, 0.6) is 0 Å². The van der Waals surface area contributed by atoms with E-state index in [9.17, 15) is 4.79 Å². The van der Waals surface area contributed by atoms with Gasteiger partial charge in [0.25, 0.3) is 5.56 Å². The molecular weight excluding hydrogens is 181 g/mol. The largest absolute Gasteiger partial charge is 0.359 e. The molecule has 0 unspecified atom stereocenters. The fraction of sp³-hybridized carbons (Fsp3) is 0.167. The first-order valence-corrected chi connectivity index (χ1v) is 3.42. The first-order valence-electron chi connectivity index (χ1n) is 3.42. The maximum Gasteiger partial charge on any atom is 0.278 e. The van der Waals surface area contributed by atoms with Gasteiger partial charge in [-0.05, 0) is 0 Å². The van der Waals surface area contributed by atoms with Crippen LogP contribution in [0.3, 0.4) is 0 Å². The number of rotatable bonds is 1. The van der Waals surface area contributed by atoms with Gasteiger partial charge in [-0.25, -0.2) is 4.98 Å². The van der Waals surface area contributed by atoms with E-state index < -0.39 is 0 Å². The fourth-order valence-electron chi connectivity index (χ4n) is 0.961. The van der Waals surface area contributed by atoms with Gasteiger partial charge in [-0.2, -0.15) is 4.98 Å². The molecule has 2 aromatic rings. The van der Waals surface area contributed by atoms with Crippen molar-refractivity contribution in [1.29, 1.82) is 0 Å². The molecule has 2 aromatic heterocycles. The predicted octanol–water partition coefficient (Wildman–Crippen LogP) is -0.693. The Labute approximate surface area is 95.5 Å². The Balaban J connectivity index is 0.000000845. The molecule has 0 spiro atoms. The number of imidazole rings is 1. The van der Waals surface area contributed by atoms with Crippen molar-refractivity contribution in [2.45, 2.75) is 0 Å². The molecule has 0 aliphatic rings. The van der Waals surface area contributed by atoms with Gasteiger partial charge in [-0.3, -0.25) is 9.78 Å². The van der Waals surface area contributed by atoms with E-state index in [0.29, 0.717) is 17.1 Å². The van der Waals surface area contributed by atoms with E-state index in [1.54, 1.807) is 7.05 Å². The summed E-state index contributed by atoms with van der Waals surface area (Å²) in [4.78, 5) is 24.3. The van der Waals surface area contributed by atoms with E-state index in [2.05, 4.69) is 25.3 Å². The van der Waals surface area contributed by atoms with E-state index >= 15 is 0 Å². The smallest absolute Gasteiger partial charge is 0.278 e. The van der Waals surface area contributed by atoms with Crippen molar-refractivity contribution in [3.8, 4) is 0 Å². The SMILES string of the molecule is CNc1nc2nc[nH]c2c(=O)[nH]1.[Na]. The predicted molar refractivity (Wildman–Crippen MR) is 49.8 cm³/mol. The fourth-order valence-corrected chi connectivity index (χ4v) is 0.961. The van der Waals surface area contributed by atoms with Crippen LogP contribution in [0.15, 0.2) is 11.1 Å². The second-order valence-electron chi connectivity index (χ2n) is 2.27. The second kappa shape index (κ2) is 3.91. The summed E-state index contributed by atoms with van der Waals surface area (Å²) in [6, 6.07) is 0. The summed E-state index contributed by atoms with van der Waals surface area (Å²) in [5.74, 6) is 0.416. The van der Waals surface area contributed by atoms with E-state index in [1.165, 1.54) is 6.33 Å². The monoisotopic (exact) mass is 188 g/mol. The van der Waals surface area contributed by atoms with Crippen molar-refractivity contribution in [2.24, 2.45) is 0 Å². The van der Waals surface area contributed by atoms with E-state index in [-0.39, 0.29) is 35.1 Å². The van der Waals surface area contributed by atoms with Gasteiger partial charge in [0, 0.05) is 36.6 Å². The van der Waals surface area contributed by atoms with Crippen molar-refractivity contribution in [3.05, 3.63) is 16.7 Å². The molecule has 0 saturated carbocycles. The summed E-state index contributed by atoms with van der Waals surface area (Å²) in [7, 11) is 1.68. The maximum absolute atomic E-state index is 11.2. The molecule has 0 aliphatic heterocycles. The van der Waals surface area contributed by atoms with Crippen molar-refractivity contribution in [2.75, 3.05) is 12.4 Å². The molecule has 0 fully saturated rings. The Morgan fingerprint density at radius 2 is 2.31 bits per heavy atom. The van der Waals surface area contributed by atoms with Gasteiger partial charge in [0.15, 0.2) is 11.2 Å². The zero-order valence-corrected chi connectivity index (χ0v) is 9.38. The summed E-state index contributed by atoms with van der Waals surface area (Å²) < 4.78 is 0. The third-order valence-electron chi connectivity index (χ3n) is 1.53. The topological polar surface area (TPSA) is 86.5 Å². The van der Waals surface area contributed by atoms with Crippen LogP contribution in [0, 0.1) is 0 Å². The molecule has 0 aromatic carbocycles. The summed E-state index contributed by atoms with van der Waals surface area (Å²) in [6.07, 6.45) is 1.44. The minimum absolute atomic E-state index is 0. The Hall–Kier alpha value is -0.850. The Kier molecular flexibility index (Phi) is 3.07. The molecule has 0 amide bonds. The molecule has 0 aliphatic carbocycles. The molecule has 13 heavy (non-hydrogen) atoms. The molecule has 1 radical (unpaired) electrons. The van der Waals surface area contributed by atoms with Crippen LogP contribution in [0.1, 0.15) is 0 Å². The number of nitrogens with zero attached hydrogens (tertiary/aromatic N) is 2. The quantitative estimate of drug-likeness (QED) is 0.517. The summed E-state index contributed by atoms with van der Waals surface area (Å²) in [5.41, 5.74) is 0.596. The van der Waals surface area contributed by atoms with E-state index in [4.69, 9.17) is 0 Å². The third-order valence-corrected chi connectivity index (χ3v) is 1.53. The first kappa shape index (κ1) is 10.2. The van der Waals surface area contributed by atoms with Crippen molar-refractivity contribution < 1.29 is 0 Å². The number of aromatic nitrogens is 4. The minimum Gasteiger partial charge on any atom is -0.359 e. The molecule has 3 N–H and O–H groups in total. The van der Waals surface area contributed by atoms with E-state index in [1.807, 2.05) is 0 Å². The van der Waals surface area contributed by atoms with Gasteiger partial charge in [0.2, 0.25) is 5.95 Å². The summed E-state index contributed by atoms with van der Waals surface area (Å²) >= 11 is 0. The second-order valence-corrected chi connectivity index (χ2v) is 2.27. The number of hydrogen-bond donors (Lipinski definition) is 3. The first-order chi connectivity index (χ1) is 5.81. The molecule has 2 rings (SSSR count).